The molecule has 1 atom stereocenters. The van der Waals surface area contributed by atoms with Crippen LogP contribution in [-0.2, 0) is 13.5 Å². The molecular weight excluding hydrogens is 280 g/mol. The van der Waals surface area contributed by atoms with Crippen LogP contribution >= 0.6 is 11.3 Å². The highest BCUT2D eigenvalue weighted by molar-refractivity contribution is 7.13. The molecule has 4 nitrogen and oxygen atoms in total. The number of likely N-dealkylation sites (N-methyl/N-ethyl adjacent to an activating group) is 1. The van der Waals surface area contributed by atoms with E-state index in [4.69, 9.17) is 4.98 Å². The minimum atomic E-state index is 0.280. The van der Waals surface area contributed by atoms with Crippen molar-refractivity contribution < 1.29 is 0 Å². The number of aryl methyl sites for hydroxylation is 1. The van der Waals surface area contributed by atoms with Crippen LogP contribution in [0.2, 0.25) is 0 Å². The molecule has 2 heterocycles. The predicted octanol–water partition coefficient (Wildman–Crippen LogP) is 3.05. The van der Waals surface area contributed by atoms with E-state index in [2.05, 4.69) is 39.9 Å². The highest BCUT2D eigenvalue weighted by Crippen LogP contribution is 2.24. The number of nitrogens with zero attached hydrogens (tertiary/aromatic N) is 3. The molecule has 0 amide bonds. The fourth-order valence-corrected chi connectivity index (χ4v) is 3.22. The molecule has 0 aliphatic carbocycles. The summed E-state index contributed by atoms with van der Waals surface area (Å²) in [6.45, 7) is 0. The Bertz CT molecular complexity index is 702. The van der Waals surface area contributed by atoms with Crippen LogP contribution in [0.5, 0.6) is 0 Å². The summed E-state index contributed by atoms with van der Waals surface area (Å²) in [7, 11) is 3.98. The Labute approximate surface area is 128 Å². The Balaban J connectivity index is 1.79. The summed E-state index contributed by atoms with van der Waals surface area (Å²) in [5.74, 6) is 0.923. The smallest absolute Gasteiger partial charge is 0.168 e. The molecule has 5 heteroatoms. The van der Waals surface area contributed by atoms with Crippen LogP contribution in [0.3, 0.4) is 0 Å². The molecule has 3 aromatic rings. The van der Waals surface area contributed by atoms with Gasteiger partial charge in [-0.3, -0.25) is 0 Å². The molecule has 108 valence electrons. The normalized spacial score (nSPS) is 12.5. The third-order valence-electron chi connectivity index (χ3n) is 3.53. The molecule has 0 aliphatic heterocycles. The highest BCUT2D eigenvalue weighted by atomic mass is 32.1. The topological polar surface area (TPSA) is 42.7 Å². The van der Waals surface area contributed by atoms with Crippen molar-refractivity contribution in [2.24, 2.45) is 7.05 Å². The molecule has 1 aromatic carbocycles. The molecule has 0 fully saturated rings. The summed E-state index contributed by atoms with van der Waals surface area (Å²) < 4.78 is 2.00. The highest BCUT2D eigenvalue weighted by Gasteiger charge is 2.14. The molecule has 0 aliphatic rings. The maximum Gasteiger partial charge on any atom is 0.168 e. The zero-order valence-electron chi connectivity index (χ0n) is 12.2. The van der Waals surface area contributed by atoms with Crippen molar-refractivity contribution in [3.63, 3.8) is 0 Å². The largest absolute Gasteiger partial charge is 0.332 e. The van der Waals surface area contributed by atoms with Gasteiger partial charge in [0.1, 0.15) is 0 Å². The van der Waals surface area contributed by atoms with E-state index in [1.807, 2.05) is 30.9 Å². The first-order valence-electron chi connectivity index (χ1n) is 6.92. The van der Waals surface area contributed by atoms with Crippen LogP contribution in [0.4, 0.5) is 0 Å². The molecular formula is C16H18N4S. The Kier molecular flexibility index (Phi) is 4.13. The second-order valence-corrected chi connectivity index (χ2v) is 5.82. The van der Waals surface area contributed by atoms with Gasteiger partial charge in [0.2, 0.25) is 0 Å². The van der Waals surface area contributed by atoms with Crippen molar-refractivity contribution in [1.29, 1.82) is 0 Å². The molecule has 21 heavy (non-hydrogen) atoms. The average molecular weight is 298 g/mol. The predicted molar refractivity (Wildman–Crippen MR) is 86.3 cm³/mol. The van der Waals surface area contributed by atoms with E-state index in [9.17, 15) is 0 Å². The van der Waals surface area contributed by atoms with Crippen molar-refractivity contribution in [1.82, 2.24) is 19.9 Å². The van der Waals surface area contributed by atoms with Crippen LogP contribution < -0.4 is 5.32 Å². The summed E-state index contributed by atoms with van der Waals surface area (Å²) >= 11 is 1.65. The van der Waals surface area contributed by atoms with Crippen molar-refractivity contribution in [2.75, 3.05) is 7.05 Å². The monoisotopic (exact) mass is 298 g/mol. The molecule has 0 bridgehead atoms. The van der Waals surface area contributed by atoms with Gasteiger partial charge in [-0.15, -0.1) is 11.3 Å². The van der Waals surface area contributed by atoms with Gasteiger partial charge in [0.15, 0.2) is 10.8 Å². The van der Waals surface area contributed by atoms with Crippen LogP contribution in [0.15, 0.2) is 48.1 Å². The minimum absolute atomic E-state index is 0.280. The van der Waals surface area contributed by atoms with Gasteiger partial charge in [-0.25, -0.2) is 9.97 Å². The lowest BCUT2D eigenvalue weighted by molar-refractivity contribution is 0.586. The van der Waals surface area contributed by atoms with E-state index < -0.39 is 0 Å². The van der Waals surface area contributed by atoms with E-state index in [1.54, 1.807) is 17.5 Å². The Morgan fingerprint density at radius 3 is 2.76 bits per heavy atom. The number of hydrogen-bond donors (Lipinski definition) is 1. The standard InChI is InChI=1S/C16H18N4S/c1-17-14(12-6-4-3-5-7-12)10-13-11-21-16(19-13)15-18-8-9-20(15)2/h3-9,11,14,17H,10H2,1-2H3. The SMILES string of the molecule is CNC(Cc1csc(-c2nccn2C)n1)c1ccccc1. The Morgan fingerprint density at radius 1 is 1.29 bits per heavy atom. The molecule has 2 aromatic heterocycles. The Hall–Kier alpha value is -1.98. The van der Waals surface area contributed by atoms with Gasteiger partial charge in [-0.05, 0) is 12.6 Å². The number of thiazole rings is 1. The van der Waals surface area contributed by atoms with Gasteiger partial charge in [0, 0.05) is 37.3 Å². The third-order valence-corrected chi connectivity index (χ3v) is 4.41. The molecule has 1 N–H and O–H groups in total. The van der Waals surface area contributed by atoms with E-state index in [0.29, 0.717) is 0 Å². The van der Waals surface area contributed by atoms with E-state index in [-0.39, 0.29) is 6.04 Å². The summed E-state index contributed by atoms with van der Waals surface area (Å²) in [6, 6.07) is 10.8. The number of benzene rings is 1. The van der Waals surface area contributed by atoms with Crippen molar-refractivity contribution >= 4 is 11.3 Å². The zero-order valence-corrected chi connectivity index (χ0v) is 13.0. The number of hydrogen-bond acceptors (Lipinski definition) is 4. The van der Waals surface area contributed by atoms with Gasteiger partial charge in [0.25, 0.3) is 0 Å². The second kappa shape index (κ2) is 6.20. The van der Waals surface area contributed by atoms with Crippen LogP contribution in [0.25, 0.3) is 10.8 Å². The molecule has 3 rings (SSSR count). The third kappa shape index (κ3) is 3.04. The van der Waals surface area contributed by atoms with Gasteiger partial charge in [0.05, 0.1) is 5.69 Å². The van der Waals surface area contributed by atoms with E-state index in [1.165, 1.54) is 5.56 Å². The van der Waals surface area contributed by atoms with E-state index >= 15 is 0 Å². The maximum atomic E-state index is 4.72. The number of rotatable bonds is 5. The molecule has 1 unspecified atom stereocenters. The van der Waals surface area contributed by atoms with Gasteiger partial charge >= 0.3 is 0 Å². The first-order chi connectivity index (χ1) is 10.3. The first-order valence-corrected chi connectivity index (χ1v) is 7.80. The lowest BCUT2D eigenvalue weighted by atomic mass is 10.0. The molecule has 0 saturated carbocycles. The number of nitrogens with one attached hydrogen (secondary N) is 1. The fourth-order valence-electron chi connectivity index (χ4n) is 2.36. The maximum absolute atomic E-state index is 4.72. The number of aromatic nitrogens is 3. The second-order valence-electron chi connectivity index (χ2n) is 4.96. The van der Waals surface area contributed by atoms with Crippen LogP contribution in [0, 0.1) is 0 Å². The number of imidazole rings is 1. The van der Waals surface area contributed by atoms with Gasteiger partial charge in [-0.1, -0.05) is 30.3 Å². The van der Waals surface area contributed by atoms with Crippen molar-refractivity contribution in [2.45, 2.75) is 12.5 Å². The summed E-state index contributed by atoms with van der Waals surface area (Å²) in [5.41, 5.74) is 2.38. The summed E-state index contributed by atoms with van der Waals surface area (Å²) in [6.07, 6.45) is 4.62. The minimum Gasteiger partial charge on any atom is -0.332 e. The fraction of sp³-hybridized carbons (Fsp3) is 0.250. The molecule has 0 radical (unpaired) electrons. The van der Waals surface area contributed by atoms with Crippen LogP contribution in [0.1, 0.15) is 17.3 Å². The average Bonchev–Trinajstić information content (AvgIpc) is 3.14. The zero-order chi connectivity index (χ0) is 14.7. The van der Waals surface area contributed by atoms with Gasteiger partial charge in [-0.2, -0.15) is 0 Å². The van der Waals surface area contributed by atoms with Crippen molar-refractivity contribution in [3.8, 4) is 10.8 Å². The first kappa shape index (κ1) is 14.0. The van der Waals surface area contributed by atoms with Crippen molar-refractivity contribution in [3.05, 3.63) is 59.4 Å². The van der Waals surface area contributed by atoms with E-state index in [0.717, 1.165) is 22.9 Å². The molecule has 0 saturated heterocycles. The Morgan fingerprint density at radius 2 is 2.10 bits per heavy atom. The lowest BCUT2D eigenvalue weighted by Crippen LogP contribution is -2.18. The van der Waals surface area contributed by atoms with Crippen LogP contribution in [-0.4, -0.2) is 21.6 Å². The summed E-state index contributed by atoms with van der Waals surface area (Å²) in [4.78, 5) is 9.07. The van der Waals surface area contributed by atoms with Gasteiger partial charge < -0.3 is 9.88 Å². The quantitative estimate of drug-likeness (QED) is 0.787. The lowest BCUT2D eigenvalue weighted by Gasteiger charge is -2.15. The molecule has 0 spiro atoms. The summed E-state index contributed by atoms with van der Waals surface area (Å²) in [5, 5.41) is 6.46.